The average molecular weight is 472 g/mol. The quantitative estimate of drug-likeness (QED) is 0.651. The van der Waals surface area contributed by atoms with Crippen molar-refractivity contribution in [1.29, 1.82) is 0 Å². The van der Waals surface area contributed by atoms with E-state index >= 15 is 0 Å². The van der Waals surface area contributed by atoms with Crippen molar-refractivity contribution < 1.29 is 13.2 Å². The highest BCUT2D eigenvalue weighted by molar-refractivity contribution is 7.89. The number of rotatable bonds is 6. The molecule has 1 saturated heterocycles. The second kappa shape index (κ2) is 10.2. The van der Waals surface area contributed by atoms with Crippen molar-refractivity contribution in [2.24, 2.45) is 7.05 Å². The fraction of sp³-hybridized carbons (Fsp3) is 0.520. The predicted octanol–water partition coefficient (Wildman–Crippen LogP) is 3.72. The summed E-state index contributed by atoms with van der Waals surface area (Å²) < 4.78 is 29.7. The van der Waals surface area contributed by atoms with Crippen LogP contribution in [0.1, 0.15) is 68.1 Å². The van der Waals surface area contributed by atoms with Crippen LogP contribution in [0.4, 0.5) is 0 Å². The second-order valence-corrected chi connectivity index (χ2v) is 11.0. The van der Waals surface area contributed by atoms with Gasteiger partial charge in [0.2, 0.25) is 15.5 Å². The monoisotopic (exact) mass is 471 g/mol. The summed E-state index contributed by atoms with van der Waals surface area (Å²) in [6, 6.07) is 4.64. The maximum absolute atomic E-state index is 13.2. The van der Waals surface area contributed by atoms with E-state index in [4.69, 9.17) is 0 Å². The highest BCUT2D eigenvalue weighted by atomic mass is 32.2. The Balaban J connectivity index is 1.60. The number of amides is 1. The maximum atomic E-state index is 13.2. The summed E-state index contributed by atoms with van der Waals surface area (Å²) in [5, 5.41) is 3.11. The van der Waals surface area contributed by atoms with Crippen molar-refractivity contribution in [1.82, 2.24) is 14.2 Å². The Morgan fingerprint density at radius 3 is 2.52 bits per heavy atom. The minimum atomic E-state index is -3.69. The minimum absolute atomic E-state index is 0.0342. The first kappa shape index (κ1) is 23.7. The fourth-order valence-corrected chi connectivity index (χ4v) is 6.33. The number of allylic oxidation sites excluding steroid dienone is 1. The van der Waals surface area contributed by atoms with E-state index in [1.165, 1.54) is 35.0 Å². The standard InChI is InChI=1S/C25H33N3O4S/c1-27-18-22(25(30)26-14-13-19-9-5-4-6-10-19)24(29)21-17-20(11-12-23(21)27)33(31,32)28-15-7-2-3-8-16-28/h9,11-12,17-18H,2-8,10,13-16H2,1H3,(H,26,30). The number of hydrogen-bond acceptors (Lipinski definition) is 4. The van der Waals surface area contributed by atoms with Crippen LogP contribution < -0.4 is 10.7 Å². The molecule has 4 rings (SSSR count). The molecule has 0 saturated carbocycles. The minimum Gasteiger partial charge on any atom is -0.352 e. The van der Waals surface area contributed by atoms with Gasteiger partial charge < -0.3 is 9.88 Å². The molecule has 0 spiro atoms. The topological polar surface area (TPSA) is 88.5 Å². The van der Waals surface area contributed by atoms with Crippen molar-refractivity contribution >= 4 is 26.8 Å². The van der Waals surface area contributed by atoms with E-state index in [0.29, 0.717) is 25.2 Å². The van der Waals surface area contributed by atoms with Gasteiger partial charge in [-0.15, -0.1) is 0 Å². The Labute approximate surface area is 195 Å². The average Bonchev–Trinajstić information content (AvgIpc) is 3.12. The molecule has 2 aromatic rings. The first-order valence-corrected chi connectivity index (χ1v) is 13.4. The summed E-state index contributed by atoms with van der Waals surface area (Å²) in [6.07, 6.45) is 12.9. The number of fused-ring (bicyclic) bond motifs is 1. The lowest BCUT2D eigenvalue weighted by Crippen LogP contribution is -2.32. The molecule has 1 N–H and O–H groups in total. The number of benzene rings is 1. The molecule has 0 unspecified atom stereocenters. The van der Waals surface area contributed by atoms with Gasteiger partial charge in [0.1, 0.15) is 5.56 Å². The van der Waals surface area contributed by atoms with Crippen molar-refractivity contribution in [3.63, 3.8) is 0 Å². The van der Waals surface area contributed by atoms with Crippen molar-refractivity contribution in [3.05, 3.63) is 51.8 Å². The van der Waals surface area contributed by atoms with Gasteiger partial charge in [-0.1, -0.05) is 24.5 Å². The van der Waals surface area contributed by atoms with Gasteiger partial charge in [0.05, 0.1) is 10.4 Å². The molecule has 1 aliphatic heterocycles. The summed E-state index contributed by atoms with van der Waals surface area (Å²) >= 11 is 0. The Morgan fingerprint density at radius 1 is 1.06 bits per heavy atom. The highest BCUT2D eigenvalue weighted by Crippen LogP contribution is 2.23. The molecule has 2 aliphatic rings. The smallest absolute Gasteiger partial charge is 0.256 e. The summed E-state index contributed by atoms with van der Waals surface area (Å²) in [4.78, 5) is 26.1. The number of carbonyl (C=O) groups excluding carboxylic acids is 1. The van der Waals surface area contributed by atoms with E-state index in [1.807, 2.05) is 0 Å². The first-order chi connectivity index (χ1) is 15.9. The summed E-state index contributed by atoms with van der Waals surface area (Å²) in [7, 11) is -1.93. The number of aryl methyl sites for hydroxylation is 1. The number of sulfonamides is 1. The molecule has 1 fully saturated rings. The molecule has 8 heteroatoms. The summed E-state index contributed by atoms with van der Waals surface area (Å²) in [5.41, 5.74) is 1.55. The number of pyridine rings is 1. The molecule has 1 amide bonds. The van der Waals surface area contributed by atoms with Gasteiger partial charge in [0, 0.05) is 38.3 Å². The van der Waals surface area contributed by atoms with Crippen LogP contribution in [-0.4, -0.2) is 42.8 Å². The fourth-order valence-electron chi connectivity index (χ4n) is 4.79. The number of nitrogens with zero attached hydrogens (tertiary/aromatic N) is 2. The Bertz CT molecular complexity index is 1220. The lowest BCUT2D eigenvalue weighted by Gasteiger charge is -2.20. The van der Waals surface area contributed by atoms with Crippen LogP contribution in [0.25, 0.3) is 10.9 Å². The number of aromatic nitrogens is 1. The molecule has 7 nitrogen and oxygen atoms in total. The molecule has 0 bridgehead atoms. The largest absolute Gasteiger partial charge is 0.352 e. The Hall–Kier alpha value is -2.45. The second-order valence-electron chi connectivity index (χ2n) is 9.09. The highest BCUT2D eigenvalue weighted by Gasteiger charge is 2.26. The number of carbonyl (C=O) groups is 1. The van der Waals surface area contributed by atoms with Crippen molar-refractivity contribution in [2.45, 2.75) is 62.7 Å². The Kier molecular flexibility index (Phi) is 7.34. The molecule has 1 aromatic heterocycles. The van der Waals surface area contributed by atoms with Gasteiger partial charge in [-0.05, 0) is 63.1 Å². The zero-order valence-electron chi connectivity index (χ0n) is 19.3. The third kappa shape index (κ3) is 5.22. The van der Waals surface area contributed by atoms with Gasteiger partial charge in [-0.3, -0.25) is 9.59 Å². The van der Waals surface area contributed by atoms with E-state index < -0.39 is 21.4 Å². The van der Waals surface area contributed by atoms with Crippen LogP contribution >= 0.6 is 0 Å². The van der Waals surface area contributed by atoms with Crippen LogP contribution in [0.5, 0.6) is 0 Å². The third-order valence-electron chi connectivity index (χ3n) is 6.72. The van der Waals surface area contributed by atoms with E-state index in [1.54, 1.807) is 23.7 Å². The molecule has 0 atom stereocenters. The lowest BCUT2D eigenvalue weighted by molar-refractivity contribution is 0.0952. The maximum Gasteiger partial charge on any atom is 0.256 e. The Morgan fingerprint density at radius 2 is 1.82 bits per heavy atom. The van der Waals surface area contributed by atoms with Crippen LogP contribution in [0.2, 0.25) is 0 Å². The van der Waals surface area contributed by atoms with Gasteiger partial charge in [0.15, 0.2) is 0 Å². The van der Waals surface area contributed by atoms with Gasteiger partial charge >= 0.3 is 0 Å². The normalized spacial score (nSPS) is 18.0. The zero-order valence-corrected chi connectivity index (χ0v) is 20.1. The molecular formula is C25H33N3O4S. The van der Waals surface area contributed by atoms with Crippen LogP contribution in [-0.2, 0) is 17.1 Å². The molecule has 178 valence electrons. The first-order valence-electron chi connectivity index (χ1n) is 12.0. The molecule has 1 aliphatic carbocycles. The molecule has 1 aromatic carbocycles. The van der Waals surface area contributed by atoms with E-state index in [0.717, 1.165) is 44.9 Å². The van der Waals surface area contributed by atoms with Crippen molar-refractivity contribution in [2.75, 3.05) is 19.6 Å². The summed E-state index contributed by atoms with van der Waals surface area (Å²) in [6.45, 7) is 1.48. The van der Waals surface area contributed by atoms with Crippen LogP contribution in [0.3, 0.4) is 0 Å². The summed E-state index contributed by atoms with van der Waals surface area (Å²) in [5.74, 6) is -0.422. The number of hydrogen-bond donors (Lipinski definition) is 1. The van der Waals surface area contributed by atoms with E-state index in [-0.39, 0.29) is 15.8 Å². The van der Waals surface area contributed by atoms with Crippen molar-refractivity contribution in [3.8, 4) is 0 Å². The SMILES string of the molecule is Cn1cc(C(=O)NCCC2=CCCCC2)c(=O)c2cc(S(=O)(=O)N3CCCCCC3)ccc21. The molecule has 2 heterocycles. The third-order valence-corrected chi connectivity index (χ3v) is 8.62. The molecular weight excluding hydrogens is 438 g/mol. The molecule has 0 radical (unpaired) electrons. The lowest BCUT2D eigenvalue weighted by atomic mass is 9.97. The van der Waals surface area contributed by atoms with E-state index in [2.05, 4.69) is 11.4 Å². The molecule has 33 heavy (non-hydrogen) atoms. The van der Waals surface area contributed by atoms with Crippen LogP contribution in [0.15, 0.2) is 45.7 Å². The van der Waals surface area contributed by atoms with Crippen LogP contribution in [0, 0.1) is 0 Å². The van der Waals surface area contributed by atoms with Gasteiger partial charge in [0.25, 0.3) is 5.91 Å². The zero-order chi connectivity index (χ0) is 23.4. The van der Waals surface area contributed by atoms with Gasteiger partial charge in [-0.25, -0.2) is 8.42 Å². The number of nitrogens with one attached hydrogen (secondary N) is 1. The van der Waals surface area contributed by atoms with Gasteiger partial charge in [-0.2, -0.15) is 4.31 Å². The predicted molar refractivity (Wildman–Crippen MR) is 130 cm³/mol. The van der Waals surface area contributed by atoms with E-state index in [9.17, 15) is 18.0 Å².